The Morgan fingerprint density at radius 1 is 1.40 bits per heavy atom. The summed E-state index contributed by atoms with van der Waals surface area (Å²) in [5, 5.41) is 11.4. The number of amides is 1. The average Bonchev–Trinajstić information content (AvgIpc) is 2.12. The summed E-state index contributed by atoms with van der Waals surface area (Å²) in [6.07, 6.45) is 1.95. The van der Waals surface area contributed by atoms with Gasteiger partial charge in [-0.1, -0.05) is 6.42 Å². The van der Waals surface area contributed by atoms with Gasteiger partial charge in [0.2, 0.25) is 0 Å². The second-order valence-corrected chi connectivity index (χ2v) is 2.39. The molecule has 0 spiro atoms. The van der Waals surface area contributed by atoms with E-state index >= 15 is 0 Å². The summed E-state index contributed by atoms with van der Waals surface area (Å²) in [6.45, 7) is 1.30. The lowest BCUT2D eigenvalue weighted by Crippen LogP contribution is -2.49. The van der Waals surface area contributed by atoms with Gasteiger partial charge in [-0.3, -0.25) is 5.01 Å². The highest BCUT2D eigenvalue weighted by Crippen LogP contribution is 2.00. The number of nitrogens with zero attached hydrogens (tertiary/aromatic N) is 1. The van der Waals surface area contributed by atoms with Crippen LogP contribution in [0.4, 0.5) is 4.79 Å². The minimum absolute atomic E-state index is 0.558. The van der Waals surface area contributed by atoms with Gasteiger partial charge in [0.1, 0.15) is 0 Å². The van der Waals surface area contributed by atoms with Crippen molar-refractivity contribution in [3.63, 3.8) is 0 Å². The van der Waals surface area contributed by atoms with Gasteiger partial charge in [0.15, 0.2) is 6.09 Å². The zero-order chi connectivity index (χ0) is 7.40. The fraction of sp³-hybridized carbons (Fsp3) is 0.833. The average molecular weight is 143 g/mol. The number of hydrogen-bond acceptors (Lipinski definition) is 3. The first-order valence-corrected chi connectivity index (χ1v) is 3.53. The maximum atomic E-state index is 10.3. The van der Waals surface area contributed by atoms with Crippen molar-refractivity contribution >= 4 is 6.09 Å². The van der Waals surface area contributed by atoms with Gasteiger partial charge in [-0.25, -0.2) is 5.43 Å². The van der Waals surface area contributed by atoms with Crippen LogP contribution in [0.25, 0.3) is 0 Å². The maximum absolute atomic E-state index is 10.3. The highest BCUT2D eigenvalue weighted by molar-refractivity contribution is 5.61. The van der Waals surface area contributed by atoms with Crippen LogP contribution in [0.1, 0.15) is 19.3 Å². The van der Waals surface area contributed by atoms with E-state index in [2.05, 4.69) is 5.43 Å². The van der Waals surface area contributed by atoms with Gasteiger partial charge < -0.3 is 9.90 Å². The second-order valence-electron chi connectivity index (χ2n) is 2.39. The van der Waals surface area contributed by atoms with E-state index in [0.29, 0.717) is 6.54 Å². The topological polar surface area (TPSA) is 55.4 Å². The number of carboxylic acid groups (broad SMARTS) is 1. The zero-order valence-electron chi connectivity index (χ0n) is 5.80. The molecule has 0 saturated carbocycles. The molecule has 0 aliphatic carbocycles. The van der Waals surface area contributed by atoms with Crippen molar-refractivity contribution in [2.45, 2.75) is 19.3 Å². The fourth-order valence-corrected chi connectivity index (χ4v) is 1.02. The van der Waals surface area contributed by atoms with E-state index in [1.807, 2.05) is 0 Å². The molecule has 10 heavy (non-hydrogen) atoms. The van der Waals surface area contributed by atoms with Crippen molar-refractivity contribution in [1.29, 1.82) is 0 Å². The standard InChI is InChI=1S/C6H12N2O2/c9-6(10)8-5-3-1-2-4-7-8/h7H,1-5H2,(H,9,10)/p-1. The Balaban J connectivity index is 2.35. The van der Waals surface area contributed by atoms with Crippen molar-refractivity contribution in [3.8, 4) is 0 Å². The minimum atomic E-state index is -1.12. The van der Waals surface area contributed by atoms with E-state index in [0.717, 1.165) is 30.8 Å². The third-order valence-electron chi connectivity index (χ3n) is 1.58. The van der Waals surface area contributed by atoms with Crippen molar-refractivity contribution < 1.29 is 9.90 Å². The first-order valence-electron chi connectivity index (χ1n) is 3.53. The normalized spacial score (nSPS) is 20.2. The van der Waals surface area contributed by atoms with Gasteiger partial charge in [-0.2, -0.15) is 0 Å². The summed E-state index contributed by atoms with van der Waals surface area (Å²) < 4.78 is 0. The van der Waals surface area contributed by atoms with Gasteiger partial charge in [0.05, 0.1) is 0 Å². The highest BCUT2D eigenvalue weighted by atomic mass is 16.4. The SMILES string of the molecule is O=C([O-])N1CCCCCN1. The maximum Gasteiger partial charge on any atom is 0.152 e. The number of hydrazine groups is 1. The lowest BCUT2D eigenvalue weighted by molar-refractivity contribution is -0.269. The minimum Gasteiger partial charge on any atom is -0.529 e. The van der Waals surface area contributed by atoms with E-state index < -0.39 is 6.09 Å². The van der Waals surface area contributed by atoms with Gasteiger partial charge >= 0.3 is 0 Å². The lowest BCUT2D eigenvalue weighted by atomic mass is 10.2. The first kappa shape index (κ1) is 7.34. The summed E-state index contributed by atoms with van der Waals surface area (Å²) in [5.41, 5.74) is 2.75. The molecule has 0 aromatic rings. The number of rotatable bonds is 0. The smallest absolute Gasteiger partial charge is 0.152 e. The first-order chi connectivity index (χ1) is 4.80. The molecule has 1 heterocycles. The Kier molecular flexibility index (Phi) is 2.50. The molecule has 0 unspecified atom stereocenters. The van der Waals surface area contributed by atoms with Crippen LogP contribution in [-0.4, -0.2) is 24.2 Å². The molecule has 58 valence electrons. The predicted molar refractivity (Wildman–Crippen MR) is 34.0 cm³/mol. The molecule has 0 atom stereocenters. The Bertz CT molecular complexity index is 119. The van der Waals surface area contributed by atoms with Gasteiger partial charge in [0, 0.05) is 13.1 Å². The highest BCUT2D eigenvalue weighted by Gasteiger charge is 2.05. The van der Waals surface area contributed by atoms with Gasteiger partial charge in [-0.15, -0.1) is 0 Å². The number of carbonyl (C=O) groups excluding carboxylic acids is 1. The summed E-state index contributed by atoms with van der Waals surface area (Å²) in [6, 6.07) is 0. The lowest BCUT2D eigenvalue weighted by Gasteiger charge is -2.22. The van der Waals surface area contributed by atoms with Gasteiger partial charge in [0.25, 0.3) is 0 Å². The third-order valence-corrected chi connectivity index (χ3v) is 1.58. The summed E-state index contributed by atoms with van der Waals surface area (Å²) >= 11 is 0. The summed E-state index contributed by atoms with van der Waals surface area (Å²) in [5.74, 6) is 0. The molecule has 0 bridgehead atoms. The largest absolute Gasteiger partial charge is 0.529 e. The van der Waals surface area contributed by atoms with Crippen LogP contribution in [0.2, 0.25) is 0 Å². The van der Waals surface area contributed by atoms with Crippen LogP contribution in [0.3, 0.4) is 0 Å². The molecule has 4 heteroatoms. The van der Waals surface area contributed by atoms with Crippen LogP contribution < -0.4 is 10.5 Å². The van der Waals surface area contributed by atoms with Crippen LogP contribution in [0.15, 0.2) is 0 Å². The van der Waals surface area contributed by atoms with Gasteiger partial charge in [-0.05, 0) is 12.8 Å². The van der Waals surface area contributed by atoms with Crippen LogP contribution in [0, 0.1) is 0 Å². The summed E-state index contributed by atoms with van der Waals surface area (Å²) in [4.78, 5) is 10.3. The van der Waals surface area contributed by atoms with E-state index in [4.69, 9.17) is 0 Å². The number of carbonyl (C=O) groups is 1. The number of nitrogens with one attached hydrogen (secondary N) is 1. The fourth-order valence-electron chi connectivity index (χ4n) is 1.02. The van der Waals surface area contributed by atoms with Crippen molar-refractivity contribution in [2.75, 3.05) is 13.1 Å². The molecule has 1 fully saturated rings. The zero-order valence-corrected chi connectivity index (χ0v) is 5.80. The van der Waals surface area contributed by atoms with Crippen LogP contribution in [-0.2, 0) is 0 Å². The van der Waals surface area contributed by atoms with E-state index in [9.17, 15) is 9.90 Å². The molecule has 1 saturated heterocycles. The molecule has 1 aliphatic rings. The van der Waals surface area contributed by atoms with E-state index in [-0.39, 0.29) is 0 Å². The molecule has 0 radical (unpaired) electrons. The molecule has 1 aliphatic heterocycles. The van der Waals surface area contributed by atoms with Crippen LogP contribution >= 0.6 is 0 Å². The molecule has 4 nitrogen and oxygen atoms in total. The quantitative estimate of drug-likeness (QED) is 0.489. The molecule has 0 aromatic heterocycles. The second kappa shape index (κ2) is 3.41. The molecule has 1 amide bonds. The predicted octanol–water partition coefficient (Wildman–Crippen LogP) is -0.680. The van der Waals surface area contributed by atoms with Crippen LogP contribution in [0.5, 0.6) is 0 Å². The Morgan fingerprint density at radius 3 is 2.90 bits per heavy atom. The monoisotopic (exact) mass is 143 g/mol. The third kappa shape index (κ3) is 1.88. The Morgan fingerprint density at radius 2 is 2.20 bits per heavy atom. The molecule has 1 N–H and O–H groups in total. The molecular weight excluding hydrogens is 132 g/mol. The summed E-state index contributed by atoms with van der Waals surface area (Å²) in [7, 11) is 0. The van der Waals surface area contributed by atoms with Crippen molar-refractivity contribution in [1.82, 2.24) is 10.4 Å². The molecular formula is C6H11N2O2-. The Labute approximate surface area is 59.8 Å². The Hall–Kier alpha value is -0.770. The van der Waals surface area contributed by atoms with Crippen molar-refractivity contribution in [3.05, 3.63) is 0 Å². The molecule has 1 rings (SSSR count). The number of hydrogen-bond donors (Lipinski definition) is 1. The van der Waals surface area contributed by atoms with E-state index in [1.54, 1.807) is 0 Å². The van der Waals surface area contributed by atoms with E-state index in [1.165, 1.54) is 0 Å². The van der Waals surface area contributed by atoms with Crippen molar-refractivity contribution in [2.24, 2.45) is 0 Å². The molecule has 0 aromatic carbocycles.